The lowest BCUT2D eigenvalue weighted by Gasteiger charge is -2.49. The SMILES string of the molecule is CC12CC=C3C4CC45CC(O)CCC5CC[C@]3(O)C1CC=C2c1cccc2ccncc12. The number of pyridine rings is 1. The van der Waals surface area contributed by atoms with Crippen LogP contribution in [-0.4, -0.2) is 26.9 Å². The molecule has 3 saturated carbocycles. The topological polar surface area (TPSA) is 53.4 Å². The van der Waals surface area contributed by atoms with Gasteiger partial charge >= 0.3 is 0 Å². The standard InChI is InChI=1S/C29H33NO2/c1-27-12-10-24-25-16-28(25)15-20(31)6-5-19(28)9-13-29(24,32)26(27)8-7-23(27)21-4-2-3-18-11-14-30-17-22(18)21/h2-4,7,10-11,14,17,19-20,25-26,31-32H,5-6,8-9,12-13,15-16H2,1H3/t19?,20?,25?,26?,27?,28?,29-/m1/s1. The fourth-order valence-electron chi connectivity index (χ4n) is 8.75. The summed E-state index contributed by atoms with van der Waals surface area (Å²) < 4.78 is 0. The summed E-state index contributed by atoms with van der Waals surface area (Å²) in [5, 5.41) is 25.3. The third-order valence-electron chi connectivity index (χ3n) is 10.4. The first-order valence-corrected chi connectivity index (χ1v) is 12.6. The van der Waals surface area contributed by atoms with E-state index in [-0.39, 0.29) is 22.9 Å². The molecule has 166 valence electrons. The molecule has 1 aromatic heterocycles. The zero-order valence-corrected chi connectivity index (χ0v) is 18.9. The molecule has 1 heterocycles. The van der Waals surface area contributed by atoms with E-state index in [9.17, 15) is 10.2 Å². The Balaban J connectivity index is 1.30. The third kappa shape index (κ3) is 2.37. The van der Waals surface area contributed by atoms with E-state index in [0.29, 0.717) is 11.8 Å². The van der Waals surface area contributed by atoms with Gasteiger partial charge < -0.3 is 10.2 Å². The molecule has 3 fully saturated rings. The van der Waals surface area contributed by atoms with Crippen molar-refractivity contribution < 1.29 is 10.2 Å². The summed E-state index contributed by atoms with van der Waals surface area (Å²) in [5.41, 5.74) is 3.54. The lowest BCUT2D eigenvalue weighted by Crippen LogP contribution is -2.49. The molecule has 0 amide bonds. The quantitative estimate of drug-likeness (QED) is 0.577. The molecule has 3 heteroatoms. The fourth-order valence-corrected chi connectivity index (χ4v) is 8.75. The molecule has 5 aliphatic carbocycles. The fraction of sp³-hybridized carbons (Fsp3) is 0.552. The van der Waals surface area contributed by atoms with Crippen LogP contribution in [0.15, 0.2) is 54.4 Å². The second-order valence-electron chi connectivity index (χ2n) is 11.7. The van der Waals surface area contributed by atoms with E-state index in [0.717, 1.165) is 44.9 Å². The Hall–Kier alpha value is -1.97. The van der Waals surface area contributed by atoms with Crippen LogP contribution in [0.4, 0.5) is 0 Å². The zero-order valence-electron chi connectivity index (χ0n) is 18.9. The van der Waals surface area contributed by atoms with E-state index in [4.69, 9.17) is 0 Å². The number of benzene rings is 1. The van der Waals surface area contributed by atoms with Crippen LogP contribution >= 0.6 is 0 Å². The first-order chi connectivity index (χ1) is 15.5. The van der Waals surface area contributed by atoms with E-state index in [1.165, 1.54) is 33.9 Å². The summed E-state index contributed by atoms with van der Waals surface area (Å²) in [4.78, 5) is 4.42. The maximum absolute atomic E-state index is 12.4. The van der Waals surface area contributed by atoms with Crippen molar-refractivity contribution in [2.75, 3.05) is 0 Å². The van der Waals surface area contributed by atoms with Crippen LogP contribution in [0, 0.1) is 28.6 Å². The van der Waals surface area contributed by atoms with Crippen molar-refractivity contribution >= 4 is 16.3 Å². The van der Waals surface area contributed by atoms with Gasteiger partial charge in [0.05, 0.1) is 11.7 Å². The van der Waals surface area contributed by atoms with Crippen molar-refractivity contribution in [2.24, 2.45) is 28.6 Å². The molecule has 2 aromatic rings. The van der Waals surface area contributed by atoms with Gasteiger partial charge in [0.15, 0.2) is 0 Å². The van der Waals surface area contributed by atoms with Gasteiger partial charge in [0.1, 0.15) is 0 Å². The molecule has 32 heavy (non-hydrogen) atoms. The second kappa shape index (κ2) is 6.33. The molecule has 7 rings (SSSR count). The van der Waals surface area contributed by atoms with Crippen LogP contribution < -0.4 is 0 Å². The van der Waals surface area contributed by atoms with Gasteiger partial charge in [0, 0.05) is 29.1 Å². The summed E-state index contributed by atoms with van der Waals surface area (Å²) in [6.07, 6.45) is 16.7. The van der Waals surface area contributed by atoms with Crippen LogP contribution in [0.5, 0.6) is 0 Å². The molecule has 6 unspecified atom stereocenters. The summed E-state index contributed by atoms with van der Waals surface area (Å²) in [6.45, 7) is 2.39. The van der Waals surface area contributed by atoms with Crippen LogP contribution in [0.1, 0.15) is 63.9 Å². The average Bonchev–Trinajstić information content (AvgIpc) is 3.37. The Kier molecular flexibility index (Phi) is 3.86. The van der Waals surface area contributed by atoms with Crippen LogP contribution in [0.3, 0.4) is 0 Å². The lowest BCUT2D eigenvalue weighted by molar-refractivity contribution is -0.0389. The van der Waals surface area contributed by atoms with Crippen LogP contribution in [-0.2, 0) is 0 Å². The van der Waals surface area contributed by atoms with E-state index in [1.54, 1.807) is 0 Å². The molecule has 0 radical (unpaired) electrons. The number of fused-ring (bicyclic) bond motifs is 5. The molecule has 0 aliphatic heterocycles. The first kappa shape index (κ1) is 19.5. The van der Waals surface area contributed by atoms with E-state index >= 15 is 0 Å². The number of hydrogen-bond donors (Lipinski definition) is 2. The highest BCUT2D eigenvalue weighted by Gasteiger charge is 2.68. The summed E-state index contributed by atoms with van der Waals surface area (Å²) in [5.74, 6) is 1.40. The first-order valence-electron chi connectivity index (χ1n) is 12.6. The maximum Gasteiger partial charge on any atom is 0.0899 e. The molecule has 0 bridgehead atoms. The van der Waals surface area contributed by atoms with Crippen molar-refractivity contribution in [3.63, 3.8) is 0 Å². The van der Waals surface area contributed by atoms with Gasteiger partial charge in [-0.25, -0.2) is 0 Å². The van der Waals surface area contributed by atoms with Crippen molar-refractivity contribution in [3.05, 3.63) is 59.9 Å². The highest BCUT2D eigenvalue weighted by atomic mass is 16.3. The largest absolute Gasteiger partial charge is 0.393 e. The van der Waals surface area contributed by atoms with Gasteiger partial charge in [0.2, 0.25) is 0 Å². The van der Waals surface area contributed by atoms with E-state index in [2.05, 4.69) is 48.3 Å². The maximum atomic E-state index is 12.4. The number of nitrogens with zero attached hydrogens (tertiary/aromatic N) is 1. The van der Waals surface area contributed by atoms with Crippen molar-refractivity contribution in [1.82, 2.24) is 4.98 Å². The Labute approximate surface area is 190 Å². The summed E-state index contributed by atoms with van der Waals surface area (Å²) in [7, 11) is 0. The number of allylic oxidation sites excluding steroid dienone is 3. The Morgan fingerprint density at radius 1 is 1.06 bits per heavy atom. The second-order valence-corrected chi connectivity index (χ2v) is 11.7. The molecule has 3 nitrogen and oxygen atoms in total. The van der Waals surface area contributed by atoms with Crippen molar-refractivity contribution in [1.29, 1.82) is 0 Å². The number of aromatic nitrogens is 1. The van der Waals surface area contributed by atoms with Crippen molar-refractivity contribution in [2.45, 2.75) is 70.0 Å². The van der Waals surface area contributed by atoms with Gasteiger partial charge in [0.25, 0.3) is 0 Å². The molecule has 0 saturated heterocycles. The number of aliphatic hydroxyl groups is 2. The third-order valence-corrected chi connectivity index (χ3v) is 10.4. The minimum atomic E-state index is -0.704. The normalized spacial score (nSPS) is 44.5. The zero-order chi connectivity index (χ0) is 21.7. The van der Waals surface area contributed by atoms with Gasteiger partial charge in [-0.15, -0.1) is 0 Å². The Bertz CT molecular complexity index is 1180. The Morgan fingerprint density at radius 3 is 2.88 bits per heavy atom. The minimum Gasteiger partial charge on any atom is -0.393 e. The van der Waals surface area contributed by atoms with E-state index in [1.807, 2.05) is 12.4 Å². The molecule has 7 atom stereocenters. The molecule has 2 N–H and O–H groups in total. The molecule has 1 spiro atoms. The average molecular weight is 428 g/mol. The molecular weight excluding hydrogens is 394 g/mol. The van der Waals surface area contributed by atoms with Crippen LogP contribution in [0.25, 0.3) is 16.3 Å². The number of rotatable bonds is 1. The Morgan fingerprint density at radius 2 is 1.97 bits per heavy atom. The molecule has 1 aromatic carbocycles. The monoisotopic (exact) mass is 427 g/mol. The van der Waals surface area contributed by atoms with Gasteiger partial charge in [-0.3, -0.25) is 4.98 Å². The van der Waals surface area contributed by atoms with Crippen molar-refractivity contribution in [3.8, 4) is 0 Å². The summed E-state index contributed by atoms with van der Waals surface area (Å²) >= 11 is 0. The highest BCUT2D eigenvalue weighted by molar-refractivity contribution is 5.95. The predicted molar refractivity (Wildman–Crippen MR) is 127 cm³/mol. The van der Waals surface area contributed by atoms with Gasteiger partial charge in [-0.1, -0.05) is 37.3 Å². The van der Waals surface area contributed by atoms with Gasteiger partial charge in [-0.2, -0.15) is 0 Å². The molecular formula is C29H33NO2. The number of aliphatic hydroxyl groups excluding tert-OH is 1. The minimum absolute atomic E-state index is 0.0561. The lowest BCUT2D eigenvalue weighted by atomic mass is 9.57. The predicted octanol–water partition coefficient (Wildman–Crippen LogP) is 5.67. The summed E-state index contributed by atoms with van der Waals surface area (Å²) in [6, 6.07) is 8.65. The van der Waals surface area contributed by atoms with Crippen LogP contribution in [0.2, 0.25) is 0 Å². The van der Waals surface area contributed by atoms with E-state index < -0.39 is 5.60 Å². The molecule has 5 aliphatic rings. The number of hydrogen-bond acceptors (Lipinski definition) is 3. The van der Waals surface area contributed by atoms with Gasteiger partial charge in [-0.05, 0) is 96.8 Å². The smallest absolute Gasteiger partial charge is 0.0899 e. The highest BCUT2D eigenvalue weighted by Crippen LogP contribution is 2.74.